The topological polar surface area (TPSA) is 20.3 Å². The highest BCUT2D eigenvalue weighted by molar-refractivity contribution is 6.25. The Bertz CT molecular complexity index is 913. The summed E-state index contributed by atoms with van der Waals surface area (Å²) in [6.07, 6.45) is 2.00. The molecule has 2 heteroatoms. The molecule has 0 N–H and O–H groups in total. The summed E-state index contributed by atoms with van der Waals surface area (Å²) in [5, 5.41) is 0. The van der Waals surface area contributed by atoms with Crippen LogP contribution in [0, 0.1) is 0 Å². The van der Waals surface area contributed by atoms with Crippen molar-refractivity contribution < 1.29 is 4.79 Å². The SMILES string of the molecule is O=C1/C(=C\c2ccccc2)c2ccccc2CN1Cc1ccccc1. The van der Waals surface area contributed by atoms with E-state index in [1.165, 1.54) is 5.56 Å². The molecular weight excluding hydrogens is 306 g/mol. The molecule has 0 unspecified atom stereocenters. The fraction of sp³-hybridized carbons (Fsp3) is 0.0870. The summed E-state index contributed by atoms with van der Waals surface area (Å²) in [5.41, 5.74) is 5.20. The van der Waals surface area contributed by atoms with E-state index >= 15 is 0 Å². The molecule has 3 aromatic carbocycles. The Hall–Kier alpha value is -3.13. The van der Waals surface area contributed by atoms with Gasteiger partial charge in [-0.3, -0.25) is 4.79 Å². The van der Waals surface area contributed by atoms with Gasteiger partial charge in [-0.05, 0) is 28.3 Å². The summed E-state index contributed by atoms with van der Waals surface area (Å²) in [4.78, 5) is 15.1. The van der Waals surface area contributed by atoms with Crippen LogP contribution < -0.4 is 0 Å². The van der Waals surface area contributed by atoms with Gasteiger partial charge in [-0.1, -0.05) is 84.9 Å². The normalized spacial score (nSPS) is 15.3. The molecule has 4 rings (SSSR count). The lowest BCUT2D eigenvalue weighted by atomic mass is 9.92. The third-order valence-corrected chi connectivity index (χ3v) is 4.51. The zero-order chi connectivity index (χ0) is 17.1. The highest BCUT2D eigenvalue weighted by atomic mass is 16.2. The van der Waals surface area contributed by atoms with Gasteiger partial charge in [-0.15, -0.1) is 0 Å². The fourth-order valence-corrected chi connectivity index (χ4v) is 3.27. The molecule has 0 saturated heterocycles. The smallest absolute Gasteiger partial charge is 0.255 e. The van der Waals surface area contributed by atoms with E-state index in [-0.39, 0.29) is 5.91 Å². The molecule has 1 aliphatic rings. The molecule has 0 atom stereocenters. The first kappa shape index (κ1) is 15.4. The highest BCUT2D eigenvalue weighted by Crippen LogP contribution is 2.31. The average Bonchev–Trinajstić information content (AvgIpc) is 2.67. The summed E-state index contributed by atoms with van der Waals surface area (Å²) < 4.78 is 0. The molecule has 1 heterocycles. The molecule has 2 nitrogen and oxygen atoms in total. The molecule has 0 spiro atoms. The van der Waals surface area contributed by atoms with Gasteiger partial charge in [0.15, 0.2) is 0 Å². The minimum absolute atomic E-state index is 0.0893. The maximum Gasteiger partial charge on any atom is 0.255 e. The largest absolute Gasteiger partial charge is 0.330 e. The lowest BCUT2D eigenvalue weighted by Crippen LogP contribution is -2.34. The van der Waals surface area contributed by atoms with Gasteiger partial charge < -0.3 is 4.90 Å². The van der Waals surface area contributed by atoms with Gasteiger partial charge in [-0.25, -0.2) is 0 Å². The lowest BCUT2D eigenvalue weighted by molar-refractivity contribution is -0.126. The molecule has 0 fully saturated rings. The van der Waals surface area contributed by atoms with E-state index in [9.17, 15) is 4.79 Å². The number of amides is 1. The van der Waals surface area contributed by atoms with Crippen LogP contribution in [0.1, 0.15) is 22.3 Å². The Morgan fingerprint density at radius 1 is 0.800 bits per heavy atom. The van der Waals surface area contributed by atoms with E-state index < -0.39 is 0 Å². The van der Waals surface area contributed by atoms with Gasteiger partial charge >= 0.3 is 0 Å². The van der Waals surface area contributed by atoms with Crippen molar-refractivity contribution in [2.45, 2.75) is 13.1 Å². The van der Waals surface area contributed by atoms with E-state index in [0.29, 0.717) is 13.1 Å². The first-order chi connectivity index (χ1) is 12.3. The van der Waals surface area contributed by atoms with Gasteiger partial charge in [0, 0.05) is 18.7 Å². The standard InChI is InChI=1S/C23H19NO/c25-23-22(15-18-9-3-1-4-10-18)21-14-8-7-13-20(21)17-24(23)16-19-11-5-2-6-12-19/h1-15H,16-17H2/b22-15-. The van der Waals surface area contributed by atoms with Crippen LogP contribution in [0.4, 0.5) is 0 Å². The second kappa shape index (κ2) is 6.78. The molecule has 0 saturated carbocycles. The van der Waals surface area contributed by atoms with Crippen LogP contribution >= 0.6 is 0 Å². The van der Waals surface area contributed by atoms with Crippen molar-refractivity contribution in [2.24, 2.45) is 0 Å². The van der Waals surface area contributed by atoms with Crippen LogP contribution in [0.15, 0.2) is 84.9 Å². The molecule has 1 amide bonds. The molecule has 1 aliphatic heterocycles. The zero-order valence-corrected chi connectivity index (χ0v) is 13.9. The minimum atomic E-state index is 0.0893. The summed E-state index contributed by atoms with van der Waals surface area (Å²) in [6, 6.07) is 28.4. The summed E-state index contributed by atoms with van der Waals surface area (Å²) in [6.45, 7) is 1.27. The van der Waals surface area contributed by atoms with Crippen LogP contribution in [0.25, 0.3) is 11.6 Å². The molecule has 0 aliphatic carbocycles. The van der Waals surface area contributed by atoms with Crippen molar-refractivity contribution >= 4 is 17.6 Å². The lowest BCUT2D eigenvalue weighted by Gasteiger charge is -2.30. The summed E-state index contributed by atoms with van der Waals surface area (Å²) in [7, 11) is 0. The quantitative estimate of drug-likeness (QED) is 0.635. The predicted molar refractivity (Wildman–Crippen MR) is 101 cm³/mol. The predicted octanol–water partition coefficient (Wildman–Crippen LogP) is 4.77. The van der Waals surface area contributed by atoms with Crippen LogP contribution in [-0.4, -0.2) is 10.8 Å². The van der Waals surface area contributed by atoms with E-state index in [1.54, 1.807) is 0 Å². The average molecular weight is 325 g/mol. The number of carbonyl (C=O) groups is 1. The minimum Gasteiger partial charge on any atom is -0.330 e. The number of carbonyl (C=O) groups excluding carboxylic acids is 1. The Morgan fingerprint density at radius 3 is 2.20 bits per heavy atom. The van der Waals surface area contributed by atoms with Crippen molar-refractivity contribution in [1.82, 2.24) is 4.90 Å². The Kier molecular flexibility index (Phi) is 4.17. The van der Waals surface area contributed by atoms with Crippen LogP contribution in [0.5, 0.6) is 0 Å². The number of hydrogen-bond acceptors (Lipinski definition) is 1. The van der Waals surface area contributed by atoms with Gasteiger partial charge in [0.2, 0.25) is 0 Å². The van der Waals surface area contributed by atoms with E-state index in [1.807, 2.05) is 77.7 Å². The monoisotopic (exact) mass is 325 g/mol. The maximum absolute atomic E-state index is 13.2. The Morgan fingerprint density at radius 2 is 1.44 bits per heavy atom. The molecule has 3 aromatic rings. The van der Waals surface area contributed by atoms with Crippen molar-refractivity contribution in [3.63, 3.8) is 0 Å². The molecule has 25 heavy (non-hydrogen) atoms. The first-order valence-electron chi connectivity index (χ1n) is 8.49. The van der Waals surface area contributed by atoms with E-state index in [4.69, 9.17) is 0 Å². The van der Waals surface area contributed by atoms with Crippen molar-refractivity contribution in [3.05, 3.63) is 107 Å². The summed E-state index contributed by atoms with van der Waals surface area (Å²) in [5.74, 6) is 0.0893. The second-order valence-corrected chi connectivity index (χ2v) is 6.27. The third kappa shape index (κ3) is 3.24. The third-order valence-electron chi connectivity index (χ3n) is 4.51. The first-order valence-corrected chi connectivity index (χ1v) is 8.49. The van der Waals surface area contributed by atoms with Crippen molar-refractivity contribution in [3.8, 4) is 0 Å². The number of hydrogen-bond donors (Lipinski definition) is 0. The van der Waals surface area contributed by atoms with E-state index in [2.05, 4.69) is 18.2 Å². The molecular formula is C23H19NO. The molecule has 122 valence electrons. The number of rotatable bonds is 3. The second-order valence-electron chi connectivity index (χ2n) is 6.27. The van der Waals surface area contributed by atoms with Crippen LogP contribution in [-0.2, 0) is 17.9 Å². The number of benzene rings is 3. The molecule has 0 aromatic heterocycles. The van der Waals surface area contributed by atoms with Crippen molar-refractivity contribution in [1.29, 1.82) is 0 Å². The summed E-state index contributed by atoms with van der Waals surface area (Å²) >= 11 is 0. The van der Waals surface area contributed by atoms with Crippen LogP contribution in [0.2, 0.25) is 0 Å². The number of nitrogens with zero attached hydrogens (tertiary/aromatic N) is 1. The van der Waals surface area contributed by atoms with Gasteiger partial charge in [0.1, 0.15) is 0 Å². The van der Waals surface area contributed by atoms with Crippen molar-refractivity contribution in [2.75, 3.05) is 0 Å². The van der Waals surface area contributed by atoms with Gasteiger partial charge in [-0.2, -0.15) is 0 Å². The Labute approximate surface area is 148 Å². The van der Waals surface area contributed by atoms with Gasteiger partial charge in [0.25, 0.3) is 5.91 Å². The van der Waals surface area contributed by atoms with Gasteiger partial charge in [0.05, 0.1) is 0 Å². The Balaban J connectivity index is 1.74. The fourth-order valence-electron chi connectivity index (χ4n) is 3.27. The zero-order valence-electron chi connectivity index (χ0n) is 13.9. The number of fused-ring (bicyclic) bond motifs is 1. The molecule has 0 radical (unpaired) electrons. The van der Waals surface area contributed by atoms with E-state index in [0.717, 1.165) is 22.3 Å². The highest BCUT2D eigenvalue weighted by Gasteiger charge is 2.27. The molecule has 0 bridgehead atoms. The van der Waals surface area contributed by atoms with Crippen LogP contribution in [0.3, 0.4) is 0 Å². The maximum atomic E-state index is 13.2.